The molecule has 0 amide bonds. The largest absolute Gasteiger partial charge is 0.371 e. The van der Waals surface area contributed by atoms with Crippen molar-refractivity contribution >= 4 is 17.3 Å². The Morgan fingerprint density at radius 2 is 1.94 bits per heavy atom. The molecule has 1 aliphatic carbocycles. The zero-order valence-corrected chi connectivity index (χ0v) is 10.8. The van der Waals surface area contributed by atoms with Crippen LogP contribution in [0.4, 0.5) is 5.69 Å². The smallest absolute Gasteiger partial charge is 0.131 e. The number of hydrogen-bond donors (Lipinski definition) is 1. The van der Waals surface area contributed by atoms with Crippen molar-refractivity contribution in [1.29, 1.82) is 0 Å². The number of nitrogens with zero attached hydrogens (tertiary/aromatic N) is 2. The van der Waals surface area contributed by atoms with E-state index in [0.717, 1.165) is 18.8 Å². The average Bonchev–Trinajstić information content (AvgIpc) is 2.51. The minimum absolute atomic E-state index is 0.407. The number of nitrogens with two attached hydrogens (primary N) is 1. The van der Waals surface area contributed by atoms with Crippen LogP contribution in [-0.2, 0) is 0 Å². The number of aromatic nitrogens is 1. The van der Waals surface area contributed by atoms with Gasteiger partial charge < -0.3 is 10.6 Å². The summed E-state index contributed by atoms with van der Waals surface area (Å²) in [6.45, 7) is 4.12. The first kappa shape index (κ1) is 11.3. The van der Waals surface area contributed by atoms with E-state index < -0.39 is 0 Å². The highest BCUT2D eigenvalue weighted by atomic mass is 35.5. The van der Waals surface area contributed by atoms with Crippen LogP contribution in [0.3, 0.4) is 0 Å². The van der Waals surface area contributed by atoms with E-state index in [1.54, 1.807) is 0 Å². The number of hydrogen-bond acceptors (Lipinski definition) is 3. The fraction of sp³-hybridized carbons (Fsp3) is 0.615. The second-order valence-electron chi connectivity index (χ2n) is 5.37. The second-order valence-corrected chi connectivity index (χ2v) is 5.76. The highest BCUT2D eigenvalue weighted by molar-refractivity contribution is 6.29. The molecule has 17 heavy (non-hydrogen) atoms. The number of pyridine rings is 1. The minimum Gasteiger partial charge on any atom is -0.371 e. The molecule has 2 aliphatic rings. The molecule has 1 aromatic heterocycles. The second kappa shape index (κ2) is 4.14. The summed E-state index contributed by atoms with van der Waals surface area (Å²) in [5, 5.41) is 0.585. The number of aryl methyl sites for hydroxylation is 1. The quantitative estimate of drug-likeness (QED) is 0.779. The van der Waals surface area contributed by atoms with E-state index in [0.29, 0.717) is 23.0 Å². The Labute approximate surface area is 107 Å². The van der Waals surface area contributed by atoms with Gasteiger partial charge in [0.25, 0.3) is 0 Å². The van der Waals surface area contributed by atoms with Crippen molar-refractivity contribution in [1.82, 2.24) is 4.98 Å². The molecule has 92 valence electrons. The van der Waals surface area contributed by atoms with Crippen LogP contribution < -0.4 is 10.6 Å². The number of piperidine rings is 1. The molecule has 0 aromatic carbocycles. The molecule has 4 heteroatoms. The van der Waals surface area contributed by atoms with Gasteiger partial charge in [-0.05, 0) is 43.7 Å². The van der Waals surface area contributed by atoms with E-state index >= 15 is 0 Å². The lowest BCUT2D eigenvalue weighted by molar-refractivity contribution is 0.356. The van der Waals surface area contributed by atoms with Gasteiger partial charge in [-0.2, -0.15) is 0 Å². The molecule has 2 bridgehead atoms. The summed E-state index contributed by atoms with van der Waals surface area (Å²) < 4.78 is 0. The molecule has 3 nitrogen and oxygen atoms in total. The molecule has 2 unspecified atom stereocenters. The van der Waals surface area contributed by atoms with Gasteiger partial charge in [0.1, 0.15) is 5.15 Å². The molecular formula is C13H18ClN3. The third kappa shape index (κ3) is 2.02. The zero-order chi connectivity index (χ0) is 12.0. The molecule has 2 heterocycles. The molecule has 0 spiro atoms. The third-order valence-electron chi connectivity index (χ3n) is 4.18. The molecule has 2 atom stereocenters. The van der Waals surface area contributed by atoms with Gasteiger partial charge in [0.2, 0.25) is 0 Å². The fourth-order valence-corrected chi connectivity index (χ4v) is 3.51. The zero-order valence-electron chi connectivity index (χ0n) is 10.1. The van der Waals surface area contributed by atoms with Crippen LogP contribution >= 0.6 is 11.6 Å². The standard InChI is InChI=1S/C13H18ClN3/c1-8-4-11(5-12(14)16-8)17-6-9-2-3-10(7-17)13(9)15/h4-5,9-10,13H,2-3,6-7,15H2,1H3. The summed E-state index contributed by atoms with van der Waals surface area (Å²) >= 11 is 6.02. The van der Waals surface area contributed by atoms with E-state index in [-0.39, 0.29) is 0 Å². The lowest BCUT2D eigenvalue weighted by Crippen LogP contribution is -2.48. The monoisotopic (exact) mass is 251 g/mol. The third-order valence-corrected chi connectivity index (χ3v) is 4.37. The number of halogens is 1. The summed E-state index contributed by atoms with van der Waals surface area (Å²) in [5.41, 5.74) is 8.40. The summed E-state index contributed by atoms with van der Waals surface area (Å²) in [5.74, 6) is 1.31. The lowest BCUT2D eigenvalue weighted by Gasteiger charge is -2.37. The van der Waals surface area contributed by atoms with Gasteiger partial charge in [-0.15, -0.1) is 0 Å². The van der Waals surface area contributed by atoms with Crippen molar-refractivity contribution < 1.29 is 0 Å². The van der Waals surface area contributed by atoms with E-state index in [4.69, 9.17) is 17.3 Å². The van der Waals surface area contributed by atoms with Crippen LogP contribution in [0.1, 0.15) is 18.5 Å². The molecule has 3 rings (SSSR count). The van der Waals surface area contributed by atoms with Gasteiger partial charge in [-0.25, -0.2) is 4.98 Å². The maximum atomic E-state index is 6.22. The molecule has 1 aliphatic heterocycles. The molecule has 2 fully saturated rings. The molecular weight excluding hydrogens is 234 g/mol. The Balaban J connectivity index is 1.86. The first-order valence-electron chi connectivity index (χ1n) is 6.28. The predicted molar refractivity (Wildman–Crippen MR) is 70.4 cm³/mol. The van der Waals surface area contributed by atoms with Gasteiger partial charge in [-0.3, -0.25) is 0 Å². The summed E-state index contributed by atoms with van der Waals surface area (Å²) in [6, 6.07) is 4.48. The van der Waals surface area contributed by atoms with Crippen LogP contribution in [-0.4, -0.2) is 24.1 Å². The van der Waals surface area contributed by atoms with Crippen molar-refractivity contribution in [3.05, 3.63) is 23.0 Å². The Kier molecular flexibility index (Phi) is 2.75. The van der Waals surface area contributed by atoms with E-state index in [2.05, 4.69) is 16.0 Å². The van der Waals surface area contributed by atoms with E-state index in [9.17, 15) is 0 Å². The van der Waals surface area contributed by atoms with Crippen molar-refractivity contribution in [3.63, 3.8) is 0 Å². The molecule has 1 aromatic rings. The van der Waals surface area contributed by atoms with E-state index in [1.807, 2.05) is 13.0 Å². The van der Waals surface area contributed by atoms with Gasteiger partial charge >= 0.3 is 0 Å². The Hall–Kier alpha value is -0.800. The topological polar surface area (TPSA) is 42.1 Å². The molecule has 1 saturated heterocycles. The van der Waals surface area contributed by atoms with Crippen molar-refractivity contribution in [2.24, 2.45) is 17.6 Å². The Morgan fingerprint density at radius 1 is 1.29 bits per heavy atom. The van der Waals surface area contributed by atoms with Gasteiger partial charge in [0.15, 0.2) is 0 Å². The van der Waals surface area contributed by atoms with E-state index in [1.165, 1.54) is 18.5 Å². The molecule has 0 radical (unpaired) electrons. The first-order valence-corrected chi connectivity index (χ1v) is 6.66. The van der Waals surface area contributed by atoms with Crippen LogP contribution in [0.2, 0.25) is 5.15 Å². The van der Waals surface area contributed by atoms with Crippen LogP contribution in [0.25, 0.3) is 0 Å². The van der Waals surface area contributed by atoms with Crippen molar-refractivity contribution in [2.45, 2.75) is 25.8 Å². The normalized spacial score (nSPS) is 31.9. The van der Waals surface area contributed by atoms with Gasteiger partial charge in [0.05, 0.1) is 0 Å². The highest BCUT2D eigenvalue weighted by Crippen LogP contribution is 2.37. The maximum Gasteiger partial charge on any atom is 0.131 e. The van der Waals surface area contributed by atoms with Crippen LogP contribution in [0.15, 0.2) is 12.1 Å². The highest BCUT2D eigenvalue weighted by Gasteiger charge is 2.39. The summed E-state index contributed by atoms with van der Waals surface area (Å²) in [6.07, 6.45) is 2.56. The summed E-state index contributed by atoms with van der Waals surface area (Å²) in [4.78, 5) is 6.63. The number of anilines is 1. The van der Waals surface area contributed by atoms with Crippen LogP contribution in [0, 0.1) is 18.8 Å². The van der Waals surface area contributed by atoms with Crippen molar-refractivity contribution in [3.8, 4) is 0 Å². The van der Waals surface area contributed by atoms with Crippen molar-refractivity contribution in [2.75, 3.05) is 18.0 Å². The fourth-order valence-electron chi connectivity index (χ4n) is 3.27. The van der Waals surface area contributed by atoms with Crippen LogP contribution in [0.5, 0.6) is 0 Å². The Bertz CT molecular complexity index is 400. The summed E-state index contributed by atoms with van der Waals surface area (Å²) in [7, 11) is 0. The lowest BCUT2D eigenvalue weighted by atomic mass is 9.93. The predicted octanol–water partition coefficient (Wildman–Crippen LogP) is 2.22. The Morgan fingerprint density at radius 3 is 2.53 bits per heavy atom. The van der Waals surface area contributed by atoms with Gasteiger partial charge in [-0.1, -0.05) is 11.6 Å². The van der Waals surface area contributed by atoms with Gasteiger partial charge in [0, 0.05) is 30.5 Å². The molecule has 1 saturated carbocycles. The minimum atomic E-state index is 0.407. The maximum absolute atomic E-state index is 6.22. The number of rotatable bonds is 1. The first-order chi connectivity index (χ1) is 8.13. The average molecular weight is 252 g/mol. The SMILES string of the molecule is Cc1cc(N2CC3CCC(C2)C3N)cc(Cl)n1. The molecule has 2 N–H and O–H groups in total. The number of fused-ring (bicyclic) bond motifs is 2.